The van der Waals surface area contributed by atoms with Crippen LogP contribution in [0.5, 0.6) is 5.75 Å². The molecular weight excluding hydrogens is 484 g/mol. The lowest BCUT2D eigenvalue weighted by atomic mass is 10.0. The van der Waals surface area contributed by atoms with Gasteiger partial charge >= 0.3 is 0 Å². The van der Waals surface area contributed by atoms with Crippen LogP contribution < -0.4 is 26.4 Å². The summed E-state index contributed by atoms with van der Waals surface area (Å²) < 4.78 is 6.01. The summed E-state index contributed by atoms with van der Waals surface area (Å²) in [4.78, 5) is 50.5. The Balaban J connectivity index is 1.40. The third kappa shape index (κ3) is 6.90. The van der Waals surface area contributed by atoms with E-state index < -0.39 is 18.0 Å². The molecule has 5 N–H and O–H groups in total. The Kier molecular flexibility index (Phi) is 8.99. The van der Waals surface area contributed by atoms with Gasteiger partial charge in [-0.15, -0.1) is 0 Å². The molecule has 2 atom stereocenters. The van der Waals surface area contributed by atoms with Gasteiger partial charge in [-0.05, 0) is 67.3 Å². The fraction of sp³-hybridized carbons (Fsp3) is 0.448. The first kappa shape index (κ1) is 27.2. The lowest BCUT2D eigenvalue weighted by Crippen LogP contribution is -2.51. The number of nitrogens with two attached hydrogens (primary N) is 2. The minimum Gasteiger partial charge on any atom is -0.491 e. The normalized spacial score (nSPS) is 16.9. The van der Waals surface area contributed by atoms with Crippen LogP contribution in [0.3, 0.4) is 0 Å². The number of rotatable bonds is 13. The van der Waals surface area contributed by atoms with Crippen molar-refractivity contribution in [2.24, 2.45) is 11.5 Å². The van der Waals surface area contributed by atoms with Gasteiger partial charge in [0.1, 0.15) is 18.4 Å². The number of hydrogen-bond donors (Lipinski definition) is 3. The minimum atomic E-state index is -0.628. The molecule has 2 aromatic carbocycles. The predicted molar refractivity (Wildman–Crippen MR) is 143 cm³/mol. The van der Waals surface area contributed by atoms with Crippen molar-refractivity contribution in [2.75, 3.05) is 11.5 Å². The highest BCUT2D eigenvalue weighted by molar-refractivity contribution is 6.04. The van der Waals surface area contributed by atoms with Gasteiger partial charge in [0, 0.05) is 25.7 Å². The van der Waals surface area contributed by atoms with Gasteiger partial charge in [0.05, 0.1) is 11.7 Å². The van der Waals surface area contributed by atoms with E-state index in [2.05, 4.69) is 5.32 Å². The smallest absolute Gasteiger partial charge is 0.243 e. The number of anilines is 1. The van der Waals surface area contributed by atoms with Crippen molar-refractivity contribution in [3.63, 3.8) is 0 Å². The molecule has 0 aromatic heterocycles. The minimum absolute atomic E-state index is 0.0357. The number of nitrogens with zero attached hydrogens (tertiary/aromatic N) is 1. The number of carbonyl (C=O) groups is 4. The number of nitrogens with one attached hydrogen (secondary N) is 1. The number of amides is 4. The molecule has 0 fully saturated rings. The second-order valence-corrected chi connectivity index (χ2v) is 10.1. The van der Waals surface area contributed by atoms with Crippen molar-refractivity contribution < 1.29 is 23.9 Å². The lowest BCUT2D eigenvalue weighted by molar-refractivity contribution is -0.127. The maximum absolute atomic E-state index is 13.5. The van der Waals surface area contributed by atoms with E-state index in [1.165, 1.54) is 0 Å². The van der Waals surface area contributed by atoms with Crippen molar-refractivity contribution >= 4 is 29.3 Å². The molecular formula is C29H36N4O5. The molecule has 0 aliphatic carbocycles. The van der Waals surface area contributed by atoms with Gasteiger partial charge in [-0.25, -0.2) is 0 Å². The number of hydrogen-bond acceptors (Lipinski definition) is 5. The third-order valence-electron chi connectivity index (χ3n) is 7.15. The SMILES string of the molecule is NC(=O)CCCCc1cccc(OC[C@H](CCC(N)=O)NC(=O)[C@@H]2Cc3cccc4c3N2C(=O)CCC4)c1. The number of unbranched alkanes of at least 4 members (excludes halogenated alkanes) is 1. The zero-order valence-corrected chi connectivity index (χ0v) is 21.6. The van der Waals surface area contributed by atoms with E-state index in [4.69, 9.17) is 16.2 Å². The summed E-state index contributed by atoms with van der Waals surface area (Å²) >= 11 is 0. The predicted octanol–water partition coefficient (Wildman–Crippen LogP) is 2.31. The molecule has 2 heterocycles. The van der Waals surface area contributed by atoms with Crippen LogP contribution in [0.1, 0.15) is 61.6 Å². The van der Waals surface area contributed by atoms with Crippen LogP contribution >= 0.6 is 0 Å². The number of benzene rings is 2. The Hall–Kier alpha value is -3.88. The first-order valence-electron chi connectivity index (χ1n) is 13.3. The number of carbonyl (C=O) groups excluding carboxylic acids is 4. The van der Waals surface area contributed by atoms with Gasteiger partial charge in [-0.1, -0.05) is 30.3 Å². The van der Waals surface area contributed by atoms with Crippen LogP contribution in [-0.2, 0) is 38.4 Å². The summed E-state index contributed by atoms with van der Waals surface area (Å²) in [5.74, 6) is -0.400. The highest BCUT2D eigenvalue weighted by Gasteiger charge is 2.41. The Morgan fingerprint density at radius 3 is 2.55 bits per heavy atom. The van der Waals surface area contributed by atoms with Crippen molar-refractivity contribution in [3.05, 3.63) is 59.2 Å². The number of para-hydroxylation sites is 1. The molecule has 0 bridgehead atoms. The fourth-order valence-corrected chi connectivity index (χ4v) is 5.26. The molecule has 2 aliphatic heterocycles. The topological polar surface area (TPSA) is 145 Å². The largest absolute Gasteiger partial charge is 0.491 e. The standard InChI is InChI=1S/C29H36N4O5/c30-25(34)12-2-1-6-19-7-3-11-23(16-19)38-18-22(14-15-26(31)35)32-29(37)24-17-21-10-4-8-20-9-5-13-27(36)33(24)28(20)21/h3-4,7-8,10-11,16,22,24H,1-2,5-6,9,12-15,17-18H2,(H2,30,34)(H2,31,35)(H,32,37)/t22-,24-/m0/s1. The first-order chi connectivity index (χ1) is 18.3. The Morgan fingerprint density at radius 1 is 1.00 bits per heavy atom. The second-order valence-electron chi connectivity index (χ2n) is 10.1. The quantitative estimate of drug-likeness (QED) is 0.347. The molecule has 4 rings (SSSR count). The molecule has 202 valence electrons. The molecule has 2 aromatic rings. The summed E-state index contributed by atoms with van der Waals surface area (Å²) in [5.41, 5.74) is 14.7. The summed E-state index contributed by atoms with van der Waals surface area (Å²) in [6.45, 7) is 0.156. The number of aryl methyl sites for hydroxylation is 2. The van der Waals surface area contributed by atoms with Gasteiger partial charge in [0.15, 0.2) is 0 Å². The second kappa shape index (κ2) is 12.6. The molecule has 0 unspecified atom stereocenters. The molecule has 0 saturated carbocycles. The Bertz CT molecular complexity index is 1200. The van der Waals surface area contributed by atoms with Crippen molar-refractivity contribution in [1.29, 1.82) is 0 Å². The van der Waals surface area contributed by atoms with Gasteiger partial charge in [0.2, 0.25) is 23.6 Å². The molecule has 0 radical (unpaired) electrons. The maximum Gasteiger partial charge on any atom is 0.243 e. The fourth-order valence-electron chi connectivity index (χ4n) is 5.26. The monoisotopic (exact) mass is 520 g/mol. The van der Waals surface area contributed by atoms with Gasteiger partial charge < -0.3 is 21.5 Å². The molecule has 38 heavy (non-hydrogen) atoms. The maximum atomic E-state index is 13.5. The van der Waals surface area contributed by atoms with Crippen LogP contribution in [-0.4, -0.2) is 42.3 Å². The first-order valence-corrected chi connectivity index (χ1v) is 13.3. The number of ether oxygens (including phenoxy) is 1. The average Bonchev–Trinajstić information content (AvgIpc) is 3.20. The number of primary amides is 2. The van der Waals surface area contributed by atoms with Crippen LogP contribution in [0.15, 0.2) is 42.5 Å². The van der Waals surface area contributed by atoms with Gasteiger partial charge in [-0.3, -0.25) is 24.1 Å². The van der Waals surface area contributed by atoms with Crippen LogP contribution in [0.2, 0.25) is 0 Å². The van der Waals surface area contributed by atoms with E-state index in [0.29, 0.717) is 31.4 Å². The summed E-state index contributed by atoms with van der Waals surface area (Å²) in [6.07, 6.45) is 5.61. The zero-order chi connectivity index (χ0) is 27.1. The van der Waals surface area contributed by atoms with Crippen LogP contribution in [0.25, 0.3) is 0 Å². The Morgan fingerprint density at radius 2 is 1.76 bits per heavy atom. The molecule has 0 spiro atoms. The highest BCUT2D eigenvalue weighted by Crippen LogP contribution is 2.39. The van der Waals surface area contributed by atoms with Crippen LogP contribution in [0, 0.1) is 0 Å². The Labute approximate surface area is 222 Å². The summed E-state index contributed by atoms with van der Waals surface area (Å²) in [7, 11) is 0. The average molecular weight is 521 g/mol. The molecule has 9 heteroatoms. The van der Waals surface area contributed by atoms with Gasteiger partial charge in [-0.2, -0.15) is 0 Å². The van der Waals surface area contributed by atoms with Crippen LogP contribution in [0.4, 0.5) is 5.69 Å². The van der Waals surface area contributed by atoms with E-state index in [9.17, 15) is 19.2 Å². The summed E-state index contributed by atoms with van der Waals surface area (Å²) in [6, 6.07) is 12.6. The molecule has 0 saturated heterocycles. The molecule has 4 amide bonds. The molecule has 2 aliphatic rings. The van der Waals surface area contributed by atoms with Gasteiger partial charge in [0.25, 0.3) is 0 Å². The zero-order valence-electron chi connectivity index (χ0n) is 21.6. The van der Waals surface area contributed by atoms with Crippen molar-refractivity contribution in [2.45, 2.75) is 76.3 Å². The van der Waals surface area contributed by atoms with E-state index >= 15 is 0 Å². The third-order valence-corrected chi connectivity index (χ3v) is 7.15. The van der Waals surface area contributed by atoms with E-state index in [0.717, 1.165) is 54.5 Å². The summed E-state index contributed by atoms with van der Waals surface area (Å²) in [5, 5.41) is 3.03. The van der Waals surface area contributed by atoms with Crippen molar-refractivity contribution in [1.82, 2.24) is 5.32 Å². The molecule has 9 nitrogen and oxygen atoms in total. The highest BCUT2D eigenvalue weighted by atomic mass is 16.5. The van der Waals surface area contributed by atoms with E-state index in [1.54, 1.807) is 4.90 Å². The van der Waals surface area contributed by atoms with E-state index in [-0.39, 0.29) is 30.7 Å². The lowest BCUT2D eigenvalue weighted by Gasteiger charge is -2.27. The van der Waals surface area contributed by atoms with Crippen molar-refractivity contribution in [3.8, 4) is 5.75 Å². The van der Waals surface area contributed by atoms with E-state index in [1.807, 2.05) is 42.5 Å².